The molecule has 6 heteroatoms. The van der Waals surface area contributed by atoms with E-state index < -0.39 is 0 Å². The topological polar surface area (TPSA) is 42.7 Å². The van der Waals surface area contributed by atoms with Gasteiger partial charge >= 0.3 is 0 Å². The number of nitrogens with one attached hydrogen (secondary N) is 1. The molecule has 3 rings (SSSR count). The summed E-state index contributed by atoms with van der Waals surface area (Å²) in [4.78, 5) is 8.37. The van der Waals surface area contributed by atoms with Crippen LogP contribution in [0, 0.1) is 3.57 Å². The Labute approximate surface area is 112 Å². The van der Waals surface area contributed by atoms with Crippen molar-refractivity contribution < 1.29 is 0 Å². The van der Waals surface area contributed by atoms with Crippen LogP contribution in [0.15, 0.2) is 12.5 Å². The maximum Gasteiger partial charge on any atom is 0.146 e. The van der Waals surface area contributed by atoms with Crippen molar-refractivity contribution in [2.75, 3.05) is 13.1 Å². The monoisotopic (exact) mass is 348 g/mol. The molecule has 1 saturated heterocycles. The van der Waals surface area contributed by atoms with Gasteiger partial charge in [0.1, 0.15) is 17.1 Å². The average Bonchev–Trinajstić information content (AvgIpc) is 2.86. The van der Waals surface area contributed by atoms with Gasteiger partial charge in [-0.3, -0.25) is 0 Å². The van der Waals surface area contributed by atoms with Crippen LogP contribution in [0.4, 0.5) is 0 Å². The van der Waals surface area contributed by atoms with Crippen LogP contribution in [0.25, 0.3) is 11.0 Å². The van der Waals surface area contributed by atoms with Crippen molar-refractivity contribution >= 4 is 45.2 Å². The number of hydrogen-bond donors (Lipinski definition) is 1. The van der Waals surface area contributed by atoms with Gasteiger partial charge in [-0.25, -0.2) is 9.97 Å². The van der Waals surface area contributed by atoms with Gasteiger partial charge in [-0.2, -0.15) is 0 Å². The third kappa shape index (κ3) is 1.61. The summed E-state index contributed by atoms with van der Waals surface area (Å²) in [5.74, 6) is 0. The van der Waals surface area contributed by atoms with E-state index in [0.717, 1.165) is 34.1 Å². The first-order valence-electron chi connectivity index (χ1n) is 5.14. The van der Waals surface area contributed by atoms with E-state index in [4.69, 9.17) is 11.6 Å². The van der Waals surface area contributed by atoms with Crippen molar-refractivity contribution in [2.24, 2.45) is 0 Å². The zero-order valence-corrected chi connectivity index (χ0v) is 11.4. The third-order valence-electron chi connectivity index (χ3n) is 2.94. The number of halogens is 2. The van der Waals surface area contributed by atoms with Crippen LogP contribution in [-0.4, -0.2) is 27.6 Å². The molecule has 1 atom stereocenters. The molecule has 16 heavy (non-hydrogen) atoms. The zero-order chi connectivity index (χ0) is 11.1. The van der Waals surface area contributed by atoms with Gasteiger partial charge in [0.25, 0.3) is 0 Å². The van der Waals surface area contributed by atoms with Crippen LogP contribution in [0.3, 0.4) is 0 Å². The van der Waals surface area contributed by atoms with Gasteiger partial charge in [0.15, 0.2) is 0 Å². The quantitative estimate of drug-likeness (QED) is 0.635. The second-order valence-corrected chi connectivity index (χ2v) is 5.41. The lowest BCUT2D eigenvalue weighted by atomic mass is 10.2. The summed E-state index contributed by atoms with van der Waals surface area (Å²) in [7, 11) is 0. The van der Waals surface area contributed by atoms with Gasteiger partial charge in [0.2, 0.25) is 0 Å². The summed E-state index contributed by atoms with van der Waals surface area (Å²) in [6.45, 7) is 2.07. The van der Waals surface area contributed by atoms with Crippen molar-refractivity contribution in [2.45, 2.75) is 12.5 Å². The van der Waals surface area contributed by atoms with E-state index in [9.17, 15) is 0 Å². The highest BCUT2D eigenvalue weighted by atomic mass is 127. The number of nitrogens with zero attached hydrogens (tertiary/aromatic N) is 3. The van der Waals surface area contributed by atoms with E-state index in [-0.39, 0.29) is 0 Å². The molecule has 0 unspecified atom stereocenters. The Balaban J connectivity index is 2.22. The molecule has 0 radical (unpaired) electrons. The smallest absolute Gasteiger partial charge is 0.146 e. The predicted molar refractivity (Wildman–Crippen MR) is 71.8 cm³/mol. The van der Waals surface area contributed by atoms with Gasteiger partial charge in [-0.1, -0.05) is 11.6 Å². The Bertz CT molecular complexity index is 533. The number of rotatable bonds is 1. The molecule has 1 aliphatic heterocycles. The van der Waals surface area contributed by atoms with Crippen molar-refractivity contribution in [3.63, 3.8) is 0 Å². The number of hydrogen-bond acceptors (Lipinski definition) is 3. The van der Waals surface area contributed by atoms with Crippen LogP contribution >= 0.6 is 34.2 Å². The zero-order valence-electron chi connectivity index (χ0n) is 8.45. The lowest BCUT2D eigenvalue weighted by Crippen LogP contribution is -2.12. The Morgan fingerprint density at radius 2 is 2.38 bits per heavy atom. The molecule has 0 bridgehead atoms. The largest absolute Gasteiger partial charge is 0.327 e. The lowest BCUT2D eigenvalue weighted by Gasteiger charge is -2.11. The molecule has 0 spiro atoms. The first-order valence-corrected chi connectivity index (χ1v) is 6.60. The van der Waals surface area contributed by atoms with Gasteiger partial charge in [0.05, 0.1) is 5.39 Å². The van der Waals surface area contributed by atoms with Crippen LogP contribution in [-0.2, 0) is 0 Å². The van der Waals surface area contributed by atoms with Crippen LogP contribution < -0.4 is 5.32 Å². The first kappa shape index (κ1) is 10.7. The fourth-order valence-corrected chi connectivity index (χ4v) is 3.35. The Morgan fingerprint density at radius 3 is 3.12 bits per heavy atom. The van der Waals surface area contributed by atoms with Gasteiger partial charge in [-0.15, -0.1) is 0 Å². The van der Waals surface area contributed by atoms with E-state index in [0.29, 0.717) is 11.2 Å². The SMILES string of the molecule is Clc1ncnc2c1c(I)cn2[C@@H]1CCNC1. The fourth-order valence-electron chi connectivity index (χ4n) is 2.16. The predicted octanol–water partition coefficient (Wildman–Crippen LogP) is 2.22. The van der Waals surface area contributed by atoms with Crippen LogP contribution in [0.1, 0.15) is 12.5 Å². The Morgan fingerprint density at radius 1 is 1.50 bits per heavy atom. The van der Waals surface area contributed by atoms with Crippen molar-refractivity contribution in [3.05, 3.63) is 21.2 Å². The highest BCUT2D eigenvalue weighted by Crippen LogP contribution is 2.30. The Kier molecular flexibility index (Phi) is 2.76. The van der Waals surface area contributed by atoms with E-state index in [1.165, 1.54) is 6.33 Å². The van der Waals surface area contributed by atoms with Crippen molar-refractivity contribution in [1.29, 1.82) is 0 Å². The maximum absolute atomic E-state index is 6.10. The van der Waals surface area contributed by atoms with Crippen molar-refractivity contribution in [3.8, 4) is 0 Å². The molecule has 0 saturated carbocycles. The molecule has 2 aromatic rings. The number of aromatic nitrogens is 3. The number of fused-ring (bicyclic) bond motifs is 1. The molecule has 2 aromatic heterocycles. The summed E-state index contributed by atoms with van der Waals surface area (Å²) < 4.78 is 3.33. The summed E-state index contributed by atoms with van der Waals surface area (Å²) in [6, 6.07) is 0.483. The van der Waals surface area contributed by atoms with Crippen molar-refractivity contribution in [1.82, 2.24) is 19.9 Å². The molecule has 84 valence electrons. The highest BCUT2D eigenvalue weighted by molar-refractivity contribution is 14.1. The minimum absolute atomic E-state index is 0.483. The summed E-state index contributed by atoms with van der Waals surface area (Å²) >= 11 is 8.38. The molecule has 3 heterocycles. The third-order valence-corrected chi connectivity index (χ3v) is 4.05. The van der Waals surface area contributed by atoms with Gasteiger partial charge in [0, 0.05) is 22.4 Å². The minimum atomic E-state index is 0.483. The van der Waals surface area contributed by atoms with E-state index in [1.807, 2.05) is 0 Å². The van der Waals surface area contributed by atoms with Crippen LogP contribution in [0.5, 0.6) is 0 Å². The van der Waals surface area contributed by atoms with E-state index >= 15 is 0 Å². The molecule has 0 aliphatic carbocycles. The van der Waals surface area contributed by atoms with E-state index in [1.54, 1.807) is 0 Å². The molecule has 1 fully saturated rings. The molecule has 1 aliphatic rings. The fraction of sp³-hybridized carbons (Fsp3) is 0.400. The molecule has 0 amide bonds. The molecule has 4 nitrogen and oxygen atoms in total. The second-order valence-electron chi connectivity index (χ2n) is 3.89. The first-order chi connectivity index (χ1) is 7.77. The average molecular weight is 349 g/mol. The maximum atomic E-state index is 6.10. The van der Waals surface area contributed by atoms with E-state index in [2.05, 4.69) is 48.6 Å². The molecular formula is C10H10ClIN4. The summed E-state index contributed by atoms with van der Waals surface area (Å²) in [5, 5.41) is 4.87. The molecule has 0 aromatic carbocycles. The normalized spacial score (nSPS) is 20.8. The summed E-state index contributed by atoms with van der Waals surface area (Å²) in [6.07, 6.45) is 4.78. The standard InChI is InChI=1S/C10H10ClIN4/c11-9-8-7(12)4-16(6-1-2-13-3-6)10(8)15-5-14-9/h4-6,13H,1-3H2/t6-/m1/s1. The van der Waals surface area contributed by atoms with Gasteiger partial charge in [-0.05, 0) is 35.6 Å². The summed E-state index contributed by atoms with van der Waals surface area (Å²) in [5.41, 5.74) is 0.943. The second kappa shape index (κ2) is 4.12. The minimum Gasteiger partial charge on any atom is -0.327 e. The lowest BCUT2D eigenvalue weighted by molar-refractivity contribution is 0.561. The highest BCUT2D eigenvalue weighted by Gasteiger charge is 2.21. The van der Waals surface area contributed by atoms with Gasteiger partial charge < -0.3 is 9.88 Å². The Hall–Kier alpha value is -0.400. The molecule has 1 N–H and O–H groups in total. The van der Waals surface area contributed by atoms with Crippen LogP contribution in [0.2, 0.25) is 5.15 Å². The molecular weight excluding hydrogens is 338 g/mol.